The van der Waals surface area contributed by atoms with Crippen LogP contribution in [0.5, 0.6) is 0 Å². The van der Waals surface area contributed by atoms with Crippen molar-refractivity contribution in [3.63, 3.8) is 0 Å². The molecule has 2 aromatic heterocycles. The van der Waals surface area contributed by atoms with E-state index >= 15 is 0 Å². The van der Waals surface area contributed by atoms with Gasteiger partial charge in [-0.15, -0.1) is 0 Å². The number of nitrogens with one attached hydrogen (secondary N) is 1. The third kappa shape index (κ3) is 5.28. The number of carbonyl (C=O) groups is 1. The lowest BCUT2D eigenvalue weighted by molar-refractivity contribution is -0.123. The van der Waals surface area contributed by atoms with E-state index in [1.807, 2.05) is 13.0 Å². The number of carbonyl (C=O) groups excluding carboxylic acids is 1. The van der Waals surface area contributed by atoms with Gasteiger partial charge in [0, 0.05) is 19.3 Å². The molecule has 1 amide bonds. The third-order valence-corrected chi connectivity index (χ3v) is 6.80. The minimum absolute atomic E-state index is 0.0149. The summed E-state index contributed by atoms with van der Waals surface area (Å²) in [6.07, 6.45) is 5.09. The molecule has 0 spiro atoms. The zero-order valence-corrected chi connectivity index (χ0v) is 19.9. The highest BCUT2D eigenvalue weighted by molar-refractivity contribution is 8.26. The van der Waals surface area contributed by atoms with Crippen LogP contribution in [0, 0.1) is 6.92 Å². The molecule has 33 heavy (non-hydrogen) atoms. The summed E-state index contributed by atoms with van der Waals surface area (Å²) in [5.74, 6) is 0.137. The van der Waals surface area contributed by atoms with Crippen molar-refractivity contribution in [2.24, 2.45) is 0 Å². The maximum atomic E-state index is 13.4. The Hall–Kier alpha value is -2.31. The number of nitrogens with zero attached hydrogens (tertiary/aromatic N) is 3. The molecule has 1 atom stereocenters. The minimum atomic E-state index is -0.285. The van der Waals surface area contributed by atoms with Crippen LogP contribution in [0.25, 0.3) is 11.7 Å². The molecule has 4 rings (SSSR count). The second-order valence-corrected chi connectivity index (χ2v) is 9.43. The molecule has 2 fully saturated rings. The van der Waals surface area contributed by atoms with Gasteiger partial charge < -0.3 is 19.9 Å². The highest BCUT2D eigenvalue weighted by atomic mass is 32.2. The number of aromatic nitrogens is 2. The van der Waals surface area contributed by atoms with E-state index in [1.165, 1.54) is 16.2 Å². The summed E-state index contributed by atoms with van der Waals surface area (Å²) in [6.45, 7) is 3.89. The summed E-state index contributed by atoms with van der Waals surface area (Å²) < 4.78 is 12.9. The molecule has 0 bridgehead atoms. The third-order valence-electron chi connectivity index (χ3n) is 5.42. The number of aliphatic hydroxyl groups excluding tert-OH is 1. The number of aliphatic hydroxyl groups is 1. The fourth-order valence-corrected chi connectivity index (χ4v) is 5.02. The molecule has 2 aliphatic heterocycles. The summed E-state index contributed by atoms with van der Waals surface area (Å²) in [5.41, 5.74) is 1.37. The van der Waals surface area contributed by atoms with Crippen LogP contribution >= 0.6 is 24.0 Å². The second kappa shape index (κ2) is 10.7. The van der Waals surface area contributed by atoms with Crippen LogP contribution in [0.15, 0.2) is 28.0 Å². The standard InChI is InChI=1S/C22H26N4O5S2/c1-14-4-2-7-25-19(14)24-18(23-6-10-30-11-8-27)16(20(25)28)12-17-21(29)26(22(32)33-17)13-15-5-3-9-31-15/h2,4,7,12,15,23,27H,3,5-6,8-11,13H2,1H3/b17-12-/t15-/m0/s1. The van der Waals surface area contributed by atoms with Crippen molar-refractivity contribution < 1.29 is 19.4 Å². The van der Waals surface area contributed by atoms with Crippen LogP contribution < -0.4 is 10.9 Å². The Bertz CT molecular complexity index is 1140. The lowest BCUT2D eigenvalue weighted by Crippen LogP contribution is -2.35. The number of thioether (sulfide) groups is 1. The van der Waals surface area contributed by atoms with Crippen molar-refractivity contribution in [3.05, 3.63) is 44.7 Å². The van der Waals surface area contributed by atoms with Crippen LogP contribution in [0.4, 0.5) is 5.82 Å². The quantitative estimate of drug-likeness (QED) is 0.309. The number of pyridine rings is 1. The van der Waals surface area contributed by atoms with Crippen LogP contribution in [-0.4, -0.2) is 75.2 Å². The molecule has 2 aromatic rings. The molecule has 0 radical (unpaired) electrons. The van der Waals surface area contributed by atoms with Crippen molar-refractivity contribution in [2.45, 2.75) is 25.9 Å². The molecule has 2 saturated heterocycles. The largest absolute Gasteiger partial charge is 0.394 e. The first-order valence-corrected chi connectivity index (χ1v) is 12.0. The topological polar surface area (TPSA) is 105 Å². The van der Waals surface area contributed by atoms with Gasteiger partial charge in [-0.25, -0.2) is 4.98 Å². The summed E-state index contributed by atoms with van der Waals surface area (Å²) in [7, 11) is 0. The van der Waals surface area contributed by atoms with Gasteiger partial charge in [0.05, 0.1) is 42.9 Å². The first kappa shape index (κ1) is 23.8. The summed E-state index contributed by atoms with van der Waals surface area (Å²) >= 11 is 6.61. The molecule has 0 aliphatic carbocycles. The normalized spacial score (nSPS) is 19.9. The number of hydrogen-bond donors (Lipinski definition) is 2. The van der Waals surface area contributed by atoms with Gasteiger partial charge in [-0.1, -0.05) is 30.0 Å². The molecule has 9 nitrogen and oxygen atoms in total. The van der Waals surface area contributed by atoms with Gasteiger partial charge in [0.1, 0.15) is 15.8 Å². The van der Waals surface area contributed by atoms with E-state index in [9.17, 15) is 9.59 Å². The summed E-state index contributed by atoms with van der Waals surface area (Å²) in [4.78, 5) is 33.0. The molecule has 0 aromatic carbocycles. The number of ether oxygens (including phenoxy) is 2. The second-order valence-electron chi connectivity index (χ2n) is 7.75. The van der Waals surface area contributed by atoms with E-state index in [0.717, 1.165) is 18.4 Å². The molecule has 0 saturated carbocycles. The Labute approximate surface area is 200 Å². The number of fused-ring (bicyclic) bond motifs is 1. The number of aryl methyl sites for hydroxylation is 1. The molecular weight excluding hydrogens is 464 g/mol. The van der Waals surface area contributed by atoms with E-state index in [2.05, 4.69) is 10.3 Å². The van der Waals surface area contributed by atoms with Gasteiger partial charge in [-0.2, -0.15) is 0 Å². The van der Waals surface area contributed by atoms with Crippen molar-refractivity contribution in [3.8, 4) is 0 Å². The average Bonchev–Trinajstić information content (AvgIpc) is 3.40. The fraction of sp³-hybridized carbons (Fsp3) is 0.455. The SMILES string of the molecule is Cc1cccn2c(=O)c(/C=C3\SC(=S)N(C[C@@H]4CCCO4)C3=O)c(NCCOCCO)nc12. The number of hydrogen-bond acceptors (Lipinski definition) is 9. The van der Waals surface area contributed by atoms with Gasteiger partial charge in [-0.3, -0.25) is 18.9 Å². The Morgan fingerprint density at radius 3 is 3.03 bits per heavy atom. The fourth-order valence-electron chi connectivity index (χ4n) is 3.77. The lowest BCUT2D eigenvalue weighted by Gasteiger charge is -2.18. The first-order valence-electron chi connectivity index (χ1n) is 10.8. The van der Waals surface area contributed by atoms with Crippen LogP contribution in [-0.2, 0) is 14.3 Å². The van der Waals surface area contributed by atoms with Gasteiger partial charge >= 0.3 is 0 Å². The maximum Gasteiger partial charge on any atom is 0.267 e. The lowest BCUT2D eigenvalue weighted by atomic mass is 10.2. The molecule has 2 N–H and O–H groups in total. The Morgan fingerprint density at radius 1 is 1.42 bits per heavy atom. The van der Waals surface area contributed by atoms with Gasteiger partial charge in [-0.05, 0) is 37.5 Å². The van der Waals surface area contributed by atoms with E-state index in [-0.39, 0.29) is 36.3 Å². The van der Waals surface area contributed by atoms with Crippen molar-refractivity contribution in [2.75, 3.05) is 44.8 Å². The zero-order chi connectivity index (χ0) is 23.4. The van der Waals surface area contributed by atoms with Gasteiger partial charge in [0.25, 0.3) is 11.5 Å². The number of amides is 1. The molecule has 11 heteroatoms. The Kier molecular flexibility index (Phi) is 7.76. The molecular formula is C22H26N4O5S2. The average molecular weight is 491 g/mol. The zero-order valence-electron chi connectivity index (χ0n) is 18.3. The van der Waals surface area contributed by atoms with Crippen LogP contribution in [0.1, 0.15) is 24.0 Å². The monoisotopic (exact) mass is 490 g/mol. The van der Waals surface area contributed by atoms with E-state index in [4.69, 9.17) is 26.8 Å². The molecule has 4 heterocycles. The summed E-state index contributed by atoms with van der Waals surface area (Å²) in [6, 6.07) is 3.66. The maximum absolute atomic E-state index is 13.4. The smallest absolute Gasteiger partial charge is 0.267 e. The van der Waals surface area contributed by atoms with Crippen LogP contribution in [0.2, 0.25) is 0 Å². The van der Waals surface area contributed by atoms with Gasteiger partial charge in [0.15, 0.2) is 0 Å². The van der Waals surface area contributed by atoms with Crippen LogP contribution in [0.3, 0.4) is 0 Å². The predicted molar refractivity (Wildman–Crippen MR) is 131 cm³/mol. The minimum Gasteiger partial charge on any atom is -0.394 e. The predicted octanol–water partition coefficient (Wildman–Crippen LogP) is 1.80. The number of rotatable bonds is 9. The van der Waals surface area contributed by atoms with Gasteiger partial charge in [0.2, 0.25) is 0 Å². The first-order chi connectivity index (χ1) is 16.0. The Morgan fingerprint density at radius 2 is 2.27 bits per heavy atom. The van der Waals surface area contributed by atoms with E-state index in [0.29, 0.717) is 47.0 Å². The van der Waals surface area contributed by atoms with E-state index < -0.39 is 0 Å². The Balaban J connectivity index is 1.66. The number of anilines is 1. The highest BCUT2D eigenvalue weighted by Crippen LogP contribution is 2.34. The molecule has 2 aliphatic rings. The summed E-state index contributed by atoms with van der Waals surface area (Å²) in [5, 5.41) is 12.0. The van der Waals surface area contributed by atoms with Crippen molar-refractivity contribution in [1.29, 1.82) is 0 Å². The number of thiocarbonyl (C=S) groups is 1. The molecule has 176 valence electrons. The van der Waals surface area contributed by atoms with Crippen molar-refractivity contribution >= 4 is 51.7 Å². The van der Waals surface area contributed by atoms with Crippen molar-refractivity contribution in [1.82, 2.24) is 14.3 Å². The highest BCUT2D eigenvalue weighted by Gasteiger charge is 2.35. The van der Waals surface area contributed by atoms with E-state index in [1.54, 1.807) is 23.2 Å². The molecule has 0 unspecified atom stereocenters.